The molecule has 0 saturated carbocycles. The van der Waals surface area contributed by atoms with Crippen molar-refractivity contribution in [2.75, 3.05) is 11.1 Å². The summed E-state index contributed by atoms with van der Waals surface area (Å²) in [6.07, 6.45) is 0. The van der Waals surface area contributed by atoms with Crippen LogP contribution in [0.3, 0.4) is 0 Å². The van der Waals surface area contributed by atoms with Gasteiger partial charge >= 0.3 is 0 Å². The SMILES string of the molecule is Nc1c(Cl)cc(NC(=O)C(Cl)(Cl)Cl)cc1Cl. The molecule has 1 aromatic carbocycles. The summed E-state index contributed by atoms with van der Waals surface area (Å²) in [5.41, 5.74) is 6.02. The lowest BCUT2D eigenvalue weighted by atomic mass is 10.3. The van der Waals surface area contributed by atoms with Crippen LogP contribution in [0, 0.1) is 0 Å². The molecule has 0 aliphatic rings. The van der Waals surface area contributed by atoms with Crippen LogP contribution in [0.2, 0.25) is 10.0 Å². The van der Waals surface area contributed by atoms with Crippen molar-refractivity contribution in [1.29, 1.82) is 0 Å². The van der Waals surface area contributed by atoms with Crippen LogP contribution in [0.1, 0.15) is 0 Å². The van der Waals surface area contributed by atoms with Crippen molar-refractivity contribution in [2.24, 2.45) is 0 Å². The van der Waals surface area contributed by atoms with Crippen LogP contribution < -0.4 is 11.1 Å². The van der Waals surface area contributed by atoms with Crippen molar-refractivity contribution < 1.29 is 4.79 Å². The number of nitrogens with two attached hydrogens (primary N) is 1. The van der Waals surface area contributed by atoms with Gasteiger partial charge in [0, 0.05) is 5.69 Å². The predicted octanol–water partition coefficient (Wildman–Crippen LogP) is 3.88. The molecule has 0 heterocycles. The lowest BCUT2D eigenvalue weighted by molar-refractivity contribution is -0.115. The molecule has 0 unspecified atom stereocenters. The lowest BCUT2D eigenvalue weighted by Gasteiger charge is -2.12. The van der Waals surface area contributed by atoms with Crippen LogP contribution in [0.4, 0.5) is 11.4 Å². The molecule has 0 fully saturated rings. The fourth-order valence-electron chi connectivity index (χ4n) is 0.858. The molecule has 16 heavy (non-hydrogen) atoms. The first-order valence-corrected chi connectivity index (χ1v) is 5.73. The average Bonchev–Trinajstić information content (AvgIpc) is 2.12. The Morgan fingerprint density at radius 1 is 1.19 bits per heavy atom. The molecule has 1 amide bonds. The van der Waals surface area contributed by atoms with Crippen molar-refractivity contribution >= 4 is 75.3 Å². The average molecular weight is 322 g/mol. The second-order valence-corrected chi connectivity index (χ2v) is 5.90. The maximum Gasteiger partial charge on any atom is 0.276 e. The minimum atomic E-state index is -2.06. The van der Waals surface area contributed by atoms with E-state index in [1.807, 2.05) is 0 Å². The minimum absolute atomic E-state index is 0.201. The highest BCUT2D eigenvalue weighted by Crippen LogP contribution is 2.33. The zero-order valence-corrected chi connectivity index (χ0v) is 11.3. The molecule has 0 aromatic heterocycles. The molecule has 3 N–H and O–H groups in total. The zero-order chi connectivity index (χ0) is 12.5. The molecule has 0 bridgehead atoms. The molecular weight excluding hydrogens is 317 g/mol. The van der Waals surface area contributed by atoms with Gasteiger partial charge in [-0.3, -0.25) is 4.79 Å². The Morgan fingerprint density at radius 2 is 1.62 bits per heavy atom. The zero-order valence-electron chi connectivity index (χ0n) is 7.53. The monoisotopic (exact) mass is 320 g/mol. The van der Waals surface area contributed by atoms with E-state index in [-0.39, 0.29) is 15.7 Å². The molecule has 88 valence electrons. The summed E-state index contributed by atoms with van der Waals surface area (Å²) in [6.45, 7) is 0. The summed E-state index contributed by atoms with van der Waals surface area (Å²) in [6, 6.07) is 2.80. The summed E-state index contributed by atoms with van der Waals surface area (Å²) >= 11 is 27.6. The Labute approximate surface area is 117 Å². The largest absolute Gasteiger partial charge is 0.396 e. The van der Waals surface area contributed by atoms with E-state index in [1.54, 1.807) is 0 Å². The van der Waals surface area contributed by atoms with Gasteiger partial charge in [-0.2, -0.15) is 0 Å². The van der Waals surface area contributed by atoms with Crippen LogP contribution in [0.25, 0.3) is 0 Å². The molecule has 1 aromatic rings. The Balaban J connectivity index is 2.96. The third kappa shape index (κ3) is 3.47. The molecule has 1 rings (SSSR count). The number of anilines is 2. The van der Waals surface area contributed by atoms with E-state index in [0.717, 1.165) is 0 Å². The highest BCUT2D eigenvalue weighted by Gasteiger charge is 2.30. The summed E-state index contributed by atoms with van der Waals surface area (Å²) in [7, 11) is 0. The van der Waals surface area contributed by atoms with E-state index in [9.17, 15) is 4.79 Å². The number of carbonyl (C=O) groups is 1. The normalized spacial score (nSPS) is 11.3. The maximum absolute atomic E-state index is 11.3. The quantitative estimate of drug-likeness (QED) is 0.609. The Kier molecular flexibility index (Phi) is 4.43. The van der Waals surface area contributed by atoms with Crippen LogP contribution in [-0.4, -0.2) is 9.70 Å². The van der Waals surface area contributed by atoms with Gasteiger partial charge < -0.3 is 11.1 Å². The van der Waals surface area contributed by atoms with Crippen LogP contribution in [0.15, 0.2) is 12.1 Å². The Hall–Kier alpha value is -0.0600. The molecule has 3 nitrogen and oxygen atoms in total. The molecule has 8 heteroatoms. The van der Waals surface area contributed by atoms with Gasteiger partial charge in [0.25, 0.3) is 9.70 Å². The number of alkyl halides is 3. The third-order valence-electron chi connectivity index (χ3n) is 1.59. The van der Waals surface area contributed by atoms with Gasteiger partial charge in [0.15, 0.2) is 0 Å². The predicted molar refractivity (Wildman–Crippen MR) is 69.8 cm³/mol. The fraction of sp³-hybridized carbons (Fsp3) is 0.125. The molecule has 0 radical (unpaired) electrons. The van der Waals surface area contributed by atoms with Gasteiger partial charge in [0.2, 0.25) is 0 Å². The number of amides is 1. The van der Waals surface area contributed by atoms with E-state index in [2.05, 4.69) is 5.32 Å². The van der Waals surface area contributed by atoms with E-state index >= 15 is 0 Å². The smallest absolute Gasteiger partial charge is 0.276 e. The van der Waals surface area contributed by atoms with Crippen LogP contribution in [-0.2, 0) is 4.79 Å². The van der Waals surface area contributed by atoms with Crippen molar-refractivity contribution in [2.45, 2.75) is 3.79 Å². The van der Waals surface area contributed by atoms with Gasteiger partial charge in [-0.05, 0) is 12.1 Å². The number of benzene rings is 1. The third-order valence-corrected chi connectivity index (χ3v) is 2.73. The first kappa shape index (κ1) is 14.0. The van der Waals surface area contributed by atoms with E-state index in [1.165, 1.54) is 12.1 Å². The summed E-state index contributed by atoms with van der Waals surface area (Å²) in [5.74, 6) is -0.811. The van der Waals surface area contributed by atoms with Crippen molar-refractivity contribution in [3.63, 3.8) is 0 Å². The van der Waals surface area contributed by atoms with Gasteiger partial charge in [0.1, 0.15) is 0 Å². The molecule has 0 spiro atoms. The van der Waals surface area contributed by atoms with Crippen molar-refractivity contribution in [1.82, 2.24) is 0 Å². The van der Waals surface area contributed by atoms with E-state index in [4.69, 9.17) is 63.7 Å². The Bertz CT molecular complexity index is 406. The molecule has 0 aliphatic heterocycles. The summed E-state index contributed by atoms with van der Waals surface area (Å²) in [5, 5.41) is 2.73. The molecular formula is C8H5Cl5N2O. The Morgan fingerprint density at radius 3 is 2.00 bits per heavy atom. The van der Waals surface area contributed by atoms with Gasteiger partial charge in [0.05, 0.1) is 15.7 Å². The lowest BCUT2D eigenvalue weighted by Crippen LogP contribution is -2.26. The van der Waals surface area contributed by atoms with Gasteiger partial charge in [-0.15, -0.1) is 0 Å². The summed E-state index contributed by atoms with van der Waals surface area (Å²) in [4.78, 5) is 11.3. The highest BCUT2D eigenvalue weighted by molar-refractivity contribution is 6.76. The van der Waals surface area contributed by atoms with Crippen LogP contribution >= 0.6 is 58.0 Å². The number of hydrogen-bond donors (Lipinski definition) is 2. The second-order valence-electron chi connectivity index (χ2n) is 2.81. The van der Waals surface area contributed by atoms with Crippen molar-refractivity contribution in [3.8, 4) is 0 Å². The highest BCUT2D eigenvalue weighted by atomic mass is 35.6. The molecule has 0 saturated heterocycles. The number of nitrogen functional groups attached to an aromatic ring is 1. The minimum Gasteiger partial charge on any atom is -0.396 e. The number of nitrogens with one attached hydrogen (secondary N) is 1. The van der Waals surface area contributed by atoms with Gasteiger partial charge in [-0.1, -0.05) is 58.0 Å². The molecule has 0 atom stereocenters. The topological polar surface area (TPSA) is 55.1 Å². The maximum atomic E-state index is 11.3. The number of halogens is 5. The first-order valence-electron chi connectivity index (χ1n) is 3.84. The number of carbonyl (C=O) groups excluding carboxylic acids is 1. The van der Waals surface area contributed by atoms with E-state index < -0.39 is 9.70 Å². The first-order chi connectivity index (χ1) is 7.21. The van der Waals surface area contributed by atoms with Gasteiger partial charge in [-0.25, -0.2) is 0 Å². The van der Waals surface area contributed by atoms with Crippen molar-refractivity contribution in [3.05, 3.63) is 22.2 Å². The standard InChI is InChI=1S/C8H5Cl5N2O/c9-4-1-3(2-5(10)6(4)14)15-7(16)8(11,12)13/h1-2H,14H2,(H,15,16). The number of hydrogen-bond acceptors (Lipinski definition) is 2. The molecule has 0 aliphatic carbocycles. The second kappa shape index (κ2) is 5.07. The van der Waals surface area contributed by atoms with E-state index in [0.29, 0.717) is 5.69 Å². The number of rotatable bonds is 1. The fourth-order valence-corrected chi connectivity index (χ4v) is 1.49. The summed E-state index contributed by atoms with van der Waals surface area (Å²) < 4.78 is -2.06. The van der Waals surface area contributed by atoms with Crippen LogP contribution in [0.5, 0.6) is 0 Å².